The molecule has 3 aromatic rings. The molecule has 4 rings (SSSR count). The number of halogens is 4. The Morgan fingerprint density at radius 1 is 1.32 bits per heavy atom. The number of hydrogen-bond donors (Lipinski definition) is 0. The van der Waals surface area contributed by atoms with Crippen LogP contribution < -0.4 is 5.56 Å². The maximum atomic E-state index is 13.6. The molecule has 0 spiro atoms. The van der Waals surface area contributed by atoms with Gasteiger partial charge in [0.25, 0.3) is 5.56 Å². The molecule has 0 fully saturated rings. The number of alkyl halides is 3. The van der Waals surface area contributed by atoms with E-state index in [1.54, 1.807) is 0 Å². The summed E-state index contributed by atoms with van der Waals surface area (Å²) in [7, 11) is 0. The van der Waals surface area contributed by atoms with Crippen molar-refractivity contribution >= 4 is 33.2 Å². The Hall–Kier alpha value is -1.90. The highest BCUT2D eigenvalue weighted by Crippen LogP contribution is 2.35. The van der Waals surface area contributed by atoms with Gasteiger partial charge in [-0.15, -0.1) is 11.3 Å². The molecule has 1 aliphatic heterocycles. The molecule has 0 N–H and O–H groups in total. The van der Waals surface area contributed by atoms with E-state index in [9.17, 15) is 18.0 Å². The van der Waals surface area contributed by atoms with Crippen molar-refractivity contribution in [3.63, 3.8) is 0 Å². The van der Waals surface area contributed by atoms with Gasteiger partial charge in [-0.2, -0.15) is 13.2 Å². The van der Waals surface area contributed by atoms with Crippen molar-refractivity contribution in [2.45, 2.75) is 19.2 Å². The summed E-state index contributed by atoms with van der Waals surface area (Å²) in [6, 6.07) is 5.73. The molecule has 4 nitrogen and oxygen atoms in total. The fourth-order valence-electron chi connectivity index (χ4n) is 2.92. The maximum Gasteiger partial charge on any atom is 0.450 e. The molecule has 1 aromatic carbocycles. The molecule has 0 aliphatic carbocycles. The summed E-state index contributed by atoms with van der Waals surface area (Å²) in [5.41, 5.74) is 0.0264. The maximum absolute atomic E-state index is 13.6. The van der Waals surface area contributed by atoms with Crippen LogP contribution in [0.3, 0.4) is 0 Å². The molecule has 2 aromatic heterocycles. The highest BCUT2D eigenvalue weighted by molar-refractivity contribution is 7.18. The molecular formula is C16H10ClF3N2O2S. The zero-order valence-electron chi connectivity index (χ0n) is 12.6. The highest BCUT2D eigenvalue weighted by Gasteiger charge is 2.38. The minimum atomic E-state index is -4.78. The quantitative estimate of drug-likeness (QED) is 0.630. The van der Waals surface area contributed by atoms with Crippen molar-refractivity contribution in [3.8, 4) is 5.69 Å². The van der Waals surface area contributed by atoms with Crippen LogP contribution >= 0.6 is 22.9 Å². The Morgan fingerprint density at radius 2 is 2.12 bits per heavy atom. The van der Waals surface area contributed by atoms with Crippen LogP contribution in [0.5, 0.6) is 0 Å². The van der Waals surface area contributed by atoms with E-state index in [2.05, 4.69) is 4.98 Å². The van der Waals surface area contributed by atoms with Crippen LogP contribution in [0.4, 0.5) is 13.2 Å². The number of hydrogen-bond acceptors (Lipinski definition) is 4. The van der Waals surface area contributed by atoms with Gasteiger partial charge in [0, 0.05) is 9.90 Å². The smallest absolute Gasteiger partial charge is 0.376 e. The molecule has 0 radical (unpaired) electrons. The molecule has 0 bridgehead atoms. The van der Waals surface area contributed by atoms with Crippen LogP contribution in [0.25, 0.3) is 15.9 Å². The Bertz CT molecular complexity index is 1040. The van der Waals surface area contributed by atoms with Crippen molar-refractivity contribution in [3.05, 3.63) is 55.9 Å². The fraction of sp³-hybridized carbons (Fsp3) is 0.250. The normalized spacial score (nSPS) is 14.7. The molecule has 0 amide bonds. The molecule has 25 heavy (non-hydrogen) atoms. The molecule has 3 heterocycles. The van der Waals surface area contributed by atoms with Gasteiger partial charge in [-0.1, -0.05) is 17.7 Å². The first-order chi connectivity index (χ1) is 11.9. The number of benzene rings is 1. The number of aromatic nitrogens is 2. The largest absolute Gasteiger partial charge is 0.450 e. The third-order valence-corrected chi connectivity index (χ3v) is 5.29. The first-order valence-corrected chi connectivity index (χ1v) is 8.54. The lowest BCUT2D eigenvalue weighted by molar-refractivity contribution is -0.146. The number of rotatable bonds is 1. The van der Waals surface area contributed by atoms with Gasteiger partial charge in [0.15, 0.2) is 0 Å². The van der Waals surface area contributed by atoms with Crippen molar-refractivity contribution < 1.29 is 17.9 Å². The number of fused-ring (bicyclic) bond motifs is 3. The first-order valence-electron chi connectivity index (χ1n) is 7.34. The van der Waals surface area contributed by atoms with E-state index >= 15 is 0 Å². The highest BCUT2D eigenvalue weighted by atomic mass is 35.5. The average Bonchev–Trinajstić information content (AvgIpc) is 2.92. The summed E-state index contributed by atoms with van der Waals surface area (Å²) in [6.45, 7) is 0.713. The lowest BCUT2D eigenvalue weighted by Crippen LogP contribution is -2.29. The van der Waals surface area contributed by atoms with E-state index in [0.717, 1.165) is 21.8 Å². The van der Waals surface area contributed by atoms with Crippen LogP contribution in [-0.4, -0.2) is 16.2 Å². The number of thiophene rings is 1. The molecule has 0 saturated heterocycles. The summed E-state index contributed by atoms with van der Waals surface area (Å²) < 4.78 is 46.6. The Balaban J connectivity index is 2.12. The summed E-state index contributed by atoms with van der Waals surface area (Å²) in [5, 5.41) is 0.467. The monoisotopic (exact) mass is 386 g/mol. The SMILES string of the molecule is O=c1c2c3c(sc2nc(C(F)(F)F)n1-c1cccc(Cl)c1)COCC3. The fourth-order valence-corrected chi connectivity index (χ4v) is 4.25. The van der Waals surface area contributed by atoms with Crippen LogP contribution in [-0.2, 0) is 23.9 Å². The Labute approximate surface area is 148 Å². The van der Waals surface area contributed by atoms with E-state index in [1.807, 2.05) is 0 Å². The van der Waals surface area contributed by atoms with Gasteiger partial charge in [0.1, 0.15) is 4.83 Å². The lowest BCUT2D eigenvalue weighted by atomic mass is 10.1. The third-order valence-electron chi connectivity index (χ3n) is 3.96. The van der Waals surface area contributed by atoms with Gasteiger partial charge in [-0.3, -0.25) is 9.36 Å². The van der Waals surface area contributed by atoms with Gasteiger partial charge in [0.05, 0.1) is 24.3 Å². The van der Waals surface area contributed by atoms with Gasteiger partial charge in [-0.05, 0) is 30.2 Å². The van der Waals surface area contributed by atoms with Crippen LogP contribution in [0.15, 0.2) is 29.1 Å². The van der Waals surface area contributed by atoms with Crippen LogP contribution in [0.1, 0.15) is 16.3 Å². The van der Waals surface area contributed by atoms with Gasteiger partial charge < -0.3 is 4.74 Å². The number of nitrogens with zero attached hydrogens (tertiary/aromatic N) is 2. The molecule has 1 aliphatic rings. The number of ether oxygens (including phenoxy) is 1. The van der Waals surface area contributed by atoms with E-state index in [1.165, 1.54) is 24.3 Å². The Kier molecular flexibility index (Phi) is 3.86. The first kappa shape index (κ1) is 16.6. The van der Waals surface area contributed by atoms with Crippen molar-refractivity contribution in [1.82, 2.24) is 9.55 Å². The summed E-state index contributed by atoms with van der Waals surface area (Å²) in [5.74, 6) is -1.26. The molecule has 0 saturated carbocycles. The van der Waals surface area contributed by atoms with Crippen molar-refractivity contribution in [2.75, 3.05) is 6.61 Å². The summed E-state index contributed by atoms with van der Waals surface area (Å²) in [4.78, 5) is 17.6. The third kappa shape index (κ3) is 2.74. The Morgan fingerprint density at radius 3 is 2.84 bits per heavy atom. The lowest BCUT2D eigenvalue weighted by Gasteiger charge is -2.15. The van der Waals surface area contributed by atoms with Crippen LogP contribution in [0.2, 0.25) is 5.02 Å². The zero-order valence-corrected chi connectivity index (χ0v) is 14.1. The molecule has 130 valence electrons. The minimum absolute atomic E-state index is 0.0336. The van der Waals surface area contributed by atoms with Gasteiger partial charge in [-0.25, -0.2) is 4.98 Å². The second-order valence-corrected chi connectivity index (χ2v) is 7.06. The minimum Gasteiger partial charge on any atom is -0.376 e. The van der Waals surface area contributed by atoms with E-state index in [0.29, 0.717) is 17.6 Å². The van der Waals surface area contributed by atoms with E-state index < -0.39 is 17.6 Å². The van der Waals surface area contributed by atoms with Crippen LogP contribution in [0, 0.1) is 0 Å². The predicted octanol–water partition coefficient (Wildman–Crippen LogP) is 4.19. The van der Waals surface area contributed by atoms with Gasteiger partial charge >= 0.3 is 6.18 Å². The molecular weight excluding hydrogens is 377 g/mol. The van der Waals surface area contributed by atoms with E-state index in [-0.39, 0.29) is 27.5 Å². The van der Waals surface area contributed by atoms with Crippen molar-refractivity contribution in [2.24, 2.45) is 0 Å². The topological polar surface area (TPSA) is 44.1 Å². The average molecular weight is 387 g/mol. The van der Waals surface area contributed by atoms with Crippen molar-refractivity contribution in [1.29, 1.82) is 0 Å². The van der Waals surface area contributed by atoms with Gasteiger partial charge in [0.2, 0.25) is 5.82 Å². The molecule has 0 atom stereocenters. The predicted molar refractivity (Wildman–Crippen MR) is 88.6 cm³/mol. The summed E-state index contributed by atoms with van der Waals surface area (Å²) >= 11 is 6.97. The zero-order chi connectivity index (χ0) is 17.8. The second kappa shape index (κ2) is 5.82. The molecule has 9 heteroatoms. The standard InChI is InChI=1S/C16H10ClF3N2O2S/c17-8-2-1-3-9(6-8)22-14(23)12-10-4-5-24-7-11(10)25-13(12)21-15(22)16(18,19)20/h1-3,6H,4-5,7H2. The second-order valence-electron chi connectivity index (χ2n) is 5.54. The molecule has 0 unspecified atom stereocenters. The summed E-state index contributed by atoms with van der Waals surface area (Å²) in [6.07, 6.45) is -4.30. The van der Waals surface area contributed by atoms with E-state index in [4.69, 9.17) is 16.3 Å².